The summed E-state index contributed by atoms with van der Waals surface area (Å²) in [6.07, 6.45) is 6.80. The van der Waals surface area contributed by atoms with Crippen LogP contribution in [0.2, 0.25) is 21.4 Å². The van der Waals surface area contributed by atoms with Gasteiger partial charge in [0.15, 0.2) is 0 Å². The molecule has 0 nitrogen and oxygen atoms in total. The molecule has 4 bridgehead atoms. The van der Waals surface area contributed by atoms with Crippen LogP contribution in [0.3, 0.4) is 0 Å². The van der Waals surface area contributed by atoms with Crippen molar-refractivity contribution in [2.24, 2.45) is 0 Å². The van der Waals surface area contributed by atoms with E-state index in [1.165, 1.54) is 65.5 Å². The van der Waals surface area contributed by atoms with Crippen molar-refractivity contribution in [2.75, 3.05) is 0 Å². The SMILES string of the molecule is C[Si]1(C2CCCCC2)C2=C(c3ccc(-c4ccccc4)cc3)[CH](c3ccccc32)[Hf]([CH3])([CH3])[CH]2C(c3ccc(-c4ccccc4)cc3)=C1c1ccccc12. The van der Waals surface area contributed by atoms with Crippen molar-refractivity contribution in [3.8, 4) is 22.3 Å². The summed E-state index contributed by atoms with van der Waals surface area (Å²) in [5.41, 5.74) is 18.8. The van der Waals surface area contributed by atoms with Gasteiger partial charge in [0, 0.05) is 0 Å². The standard InChI is InChI=1S/C49H42Si.2CH3.Hf/c1-50(43-21-9-4-10-22-43,48-44-23-13-11-19-41(44)33-46(48)39-29-25-37(26-30-39)35-15-5-2-6-16-35)49-45-24-14-12-20-42(45)34-47(49)40-31-27-38(28-32-40)36-17-7-3-8-18-36;;;/h2-3,5-8,11-20,23-34,43H,4,9-10,21-22H2,1H3;2*1H3;. The van der Waals surface area contributed by atoms with Gasteiger partial charge in [-0.15, -0.1) is 0 Å². The van der Waals surface area contributed by atoms with Crippen molar-refractivity contribution in [1.82, 2.24) is 0 Å². The summed E-state index contributed by atoms with van der Waals surface area (Å²) in [7, 11) is -2.41. The average molecular weight is 868 g/mol. The van der Waals surface area contributed by atoms with Gasteiger partial charge in [0.25, 0.3) is 0 Å². The van der Waals surface area contributed by atoms with Crippen LogP contribution < -0.4 is 0 Å². The molecule has 1 saturated carbocycles. The van der Waals surface area contributed by atoms with Crippen LogP contribution in [0.1, 0.15) is 72.8 Å². The van der Waals surface area contributed by atoms with Crippen molar-refractivity contribution >= 4 is 29.6 Å². The van der Waals surface area contributed by atoms with E-state index >= 15 is 0 Å². The molecule has 6 aromatic carbocycles. The van der Waals surface area contributed by atoms with Gasteiger partial charge in [0.05, 0.1) is 0 Å². The molecule has 2 unspecified atom stereocenters. The Morgan fingerprint density at radius 3 is 1.21 bits per heavy atom. The van der Waals surface area contributed by atoms with Gasteiger partial charge in [0.1, 0.15) is 0 Å². The molecular formula is C51H48HfSi. The Bertz CT molecular complexity index is 2240. The van der Waals surface area contributed by atoms with Crippen LogP contribution in [0, 0.1) is 0 Å². The summed E-state index contributed by atoms with van der Waals surface area (Å²) in [5.74, 6) is 0. The molecule has 2 atom stereocenters. The fraction of sp³-hybridized carbons (Fsp3) is 0.216. The van der Waals surface area contributed by atoms with Crippen LogP contribution in [0.4, 0.5) is 0 Å². The van der Waals surface area contributed by atoms with Crippen LogP contribution in [0.5, 0.6) is 0 Å². The van der Waals surface area contributed by atoms with Crippen molar-refractivity contribution in [2.45, 2.75) is 60.9 Å². The second kappa shape index (κ2) is 13.0. The number of benzene rings is 6. The number of rotatable bonds is 5. The minimum absolute atomic E-state index is 0.503. The molecule has 260 valence electrons. The van der Waals surface area contributed by atoms with E-state index in [4.69, 9.17) is 0 Å². The molecule has 1 fully saturated rings. The first-order chi connectivity index (χ1) is 26.0. The Morgan fingerprint density at radius 2 is 0.774 bits per heavy atom. The summed E-state index contributed by atoms with van der Waals surface area (Å²) in [5, 5.41) is 3.57. The van der Waals surface area contributed by atoms with Gasteiger partial charge in [-0.3, -0.25) is 0 Å². The molecule has 0 spiro atoms. The van der Waals surface area contributed by atoms with E-state index in [1.54, 1.807) is 43.8 Å². The monoisotopic (exact) mass is 868 g/mol. The molecule has 0 radical (unpaired) electrons. The van der Waals surface area contributed by atoms with Gasteiger partial charge in [0.2, 0.25) is 0 Å². The topological polar surface area (TPSA) is 0 Å². The van der Waals surface area contributed by atoms with E-state index in [1.807, 2.05) is 0 Å². The summed E-state index contributed by atoms with van der Waals surface area (Å²) < 4.78 is 6.65. The fourth-order valence-corrected chi connectivity index (χ4v) is 34.7. The molecule has 53 heavy (non-hydrogen) atoms. The van der Waals surface area contributed by atoms with Gasteiger partial charge < -0.3 is 0 Å². The van der Waals surface area contributed by atoms with Gasteiger partial charge in [-0.25, -0.2) is 0 Å². The van der Waals surface area contributed by atoms with Crippen molar-refractivity contribution in [1.29, 1.82) is 0 Å². The zero-order chi connectivity index (χ0) is 35.7. The molecule has 0 aromatic heterocycles. The third-order valence-corrected chi connectivity index (χ3v) is 34.1. The third-order valence-electron chi connectivity index (χ3n) is 13.8. The zero-order valence-corrected chi connectivity index (χ0v) is 35.9. The molecule has 1 aliphatic heterocycles. The van der Waals surface area contributed by atoms with Crippen LogP contribution >= 0.6 is 0 Å². The Morgan fingerprint density at radius 1 is 0.415 bits per heavy atom. The van der Waals surface area contributed by atoms with Crippen LogP contribution in [-0.4, -0.2) is 8.07 Å². The first-order valence-electron chi connectivity index (χ1n) is 20.0. The molecular weight excluding hydrogens is 819 g/mol. The first kappa shape index (κ1) is 33.5. The molecule has 6 aromatic rings. The van der Waals surface area contributed by atoms with Gasteiger partial charge >= 0.3 is 324 Å². The number of allylic oxidation sites excluding steroid dienone is 2. The van der Waals surface area contributed by atoms with E-state index in [0.29, 0.717) is 7.35 Å². The first-order valence-corrected chi connectivity index (χ1v) is 33.9. The van der Waals surface area contributed by atoms with Crippen LogP contribution in [0.15, 0.2) is 158 Å². The summed E-state index contributed by atoms with van der Waals surface area (Å²) in [6.45, 7) is 2.85. The van der Waals surface area contributed by atoms with Crippen molar-refractivity contribution in [3.63, 3.8) is 0 Å². The number of hydrogen-bond donors (Lipinski definition) is 0. The maximum atomic E-state index is 2.85. The van der Waals surface area contributed by atoms with E-state index in [2.05, 4.69) is 174 Å². The molecule has 0 saturated heterocycles. The molecule has 1 heterocycles. The van der Waals surface area contributed by atoms with Crippen molar-refractivity contribution < 1.29 is 20.0 Å². The second-order valence-corrected chi connectivity index (χ2v) is 38.3. The van der Waals surface area contributed by atoms with Gasteiger partial charge in [-0.2, -0.15) is 0 Å². The molecule has 0 amide bonds. The molecule has 3 aliphatic carbocycles. The van der Waals surface area contributed by atoms with Gasteiger partial charge in [-0.05, 0) is 0 Å². The number of fused-ring (bicyclic) bond motifs is 8. The summed E-state index contributed by atoms with van der Waals surface area (Å²) in [4.78, 5) is 0. The second-order valence-electron chi connectivity index (χ2n) is 16.9. The predicted molar refractivity (Wildman–Crippen MR) is 226 cm³/mol. The Kier molecular flexibility index (Phi) is 8.22. The van der Waals surface area contributed by atoms with E-state index < -0.39 is 28.0 Å². The Labute approximate surface area is 321 Å². The minimum atomic E-state index is -3.47. The van der Waals surface area contributed by atoms with Crippen LogP contribution in [0.25, 0.3) is 43.8 Å². The molecule has 2 heteroatoms. The molecule has 0 N–H and O–H groups in total. The average Bonchev–Trinajstić information content (AvgIpc) is 3.78. The summed E-state index contributed by atoms with van der Waals surface area (Å²) >= 11 is -3.47. The molecule has 4 aliphatic rings. The zero-order valence-electron chi connectivity index (χ0n) is 31.3. The van der Waals surface area contributed by atoms with Crippen LogP contribution in [-0.2, 0) is 20.0 Å². The molecule has 10 rings (SSSR count). The third kappa shape index (κ3) is 5.15. The Hall–Kier alpha value is -4.11. The fourth-order valence-electron chi connectivity index (χ4n) is 11.5. The maximum absolute atomic E-state index is 3.47. The summed E-state index contributed by atoms with van der Waals surface area (Å²) in [6, 6.07) is 61.1. The normalized spacial score (nSPS) is 23.0. The number of hydrogen-bond acceptors (Lipinski definition) is 0. The van der Waals surface area contributed by atoms with Gasteiger partial charge in [-0.1, -0.05) is 0 Å². The van der Waals surface area contributed by atoms with E-state index in [-0.39, 0.29) is 0 Å². The van der Waals surface area contributed by atoms with Crippen molar-refractivity contribution in [3.05, 3.63) is 191 Å². The predicted octanol–water partition coefficient (Wildman–Crippen LogP) is 14.4. The quantitative estimate of drug-likeness (QED) is 0.151. The Balaban J connectivity index is 1.28. The van der Waals surface area contributed by atoms with E-state index in [9.17, 15) is 0 Å². The van der Waals surface area contributed by atoms with E-state index in [0.717, 1.165) is 5.54 Å².